The Labute approximate surface area is 180 Å². The number of hydrogen-bond acceptors (Lipinski definition) is 1. The maximum atomic E-state index is 14.4. The molecule has 1 nitrogen and oxygen atoms in total. The number of hydrogen-bond donors (Lipinski definition) is 0. The van der Waals surface area contributed by atoms with Crippen molar-refractivity contribution in [1.82, 2.24) is 0 Å². The Kier molecular flexibility index (Phi) is 7.60. The fraction of sp³-hybridized carbons (Fsp3) is 0.520. The van der Waals surface area contributed by atoms with E-state index in [1.54, 1.807) is 12.1 Å². The number of alkyl halides is 5. The second kappa shape index (κ2) is 10.0. The topological polar surface area (TPSA) is 9.23 Å². The fourth-order valence-corrected chi connectivity index (χ4v) is 4.37. The first-order chi connectivity index (χ1) is 14.7. The van der Waals surface area contributed by atoms with Crippen LogP contribution in [0.15, 0.2) is 48.5 Å². The van der Waals surface area contributed by atoms with Gasteiger partial charge in [0.2, 0.25) is 0 Å². The number of halogens is 5. The third-order valence-electron chi connectivity index (χ3n) is 6.22. The molecule has 0 aliphatic heterocycles. The van der Waals surface area contributed by atoms with Crippen molar-refractivity contribution in [3.05, 3.63) is 65.2 Å². The van der Waals surface area contributed by atoms with Gasteiger partial charge in [0.05, 0.1) is 11.1 Å². The van der Waals surface area contributed by atoms with Crippen molar-refractivity contribution in [2.24, 2.45) is 11.8 Å². The van der Waals surface area contributed by atoms with Gasteiger partial charge in [0.1, 0.15) is 5.75 Å². The van der Waals surface area contributed by atoms with Crippen LogP contribution in [-0.4, -0.2) is 0 Å². The molecular weight excluding hydrogens is 411 g/mol. The van der Waals surface area contributed by atoms with Gasteiger partial charge in [-0.1, -0.05) is 57.6 Å². The monoisotopic (exact) mass is 440 g/mol. The van der Waals surface area contributed by atoms with Gasteiger partial charge < -0.3 is 4.74 Å². The quantitative estimate of drug-likeness (QED) is 0.375. The highest BCUT2D eigenvalue weighted by Crippen LogP contribution is 2.36. The summed E-state index contributed by atoms with van der Waals surface area (Å²) in [5.41, 5.74) is -0.229. The van der Waals surface area contributed by atoms with Crippen LogP contribution < -0.4 is 4.74 Å². The molecule has 1 aliphatic rings. The zero-order valence-corrected chi connectivity index (χ0v) is 17.7. The molecule has 0 atom stereocenters. The lowest BCUT2D eigenvalue weighted by Gasteiger charge is -2.28. The molecule has 0 unspecified atom stereocenters. The lowest BCUT2D eigenvalue weighted by atomic mass is 9.78. The summed E-state index contributed by atoms with van der Waals surface area (Å²) in [6, 6.07) is 9.29. The molecule has 0 heterocycles. The number of ether oxygens (including phenoxy) is 1. The van der Waals surface area contributed by atoms with E-state index < -0.39 is 17.8 Å². The number of rotatable bonds is 8. The Morgan fingerprint density at radius 2 is 1.26 bits per heavy atom. The van der Waals surface area contributed by atoms with Crippen molar-refractivity contribution in [3.63, 3.8) is 0 Å². The lowest BCUT2D eigenvalue weighted by Crippen LogP contribution is -2.22. The average Bonchev–Trinajstić information content (AvgIpc) is 2.73. The molecule has 0 amide bonds. The summed E-state index contributed by atoms with van der Waals surface area (Å²) in [5.74, 6) is 1.26. The Morgan fingerprint density at radius 1 is 0.742 bits per heavy atom. The van der Waals surface area contributed by atoms with Gasteiger partial charge in [-0.3, -0.25) is 0 Å². The van der Waals surface area contributed by atoms with E-state index in [9.17, 15) is 22.0 Å². The zero-order chi connectivity index (χ0) is 22.5. The van der Waals surface area contributed by atoms with Crippen molar-refractivity contribution in [2.75, 3.05) is 0 Å². The van der Waals surface area contributed by atoms with Crippen molar-refractivity contribution in [2.45, 2.75) is 70.6 Å². The summed E-state index contributed by atoms with van der Waals surface area (Å²) in [4.78, 5) is 0. The molecule has 1 saturated carbocycles. The van der Waals surface area contributed by atoms with Gasteiger partial charge in [0, 0.05) is 0 Å². The van der Waals surface area contributed by atoms with E-state index in [1.807, 2.05) is 0 Å². The van der Waals surface area contributed by atoms with Crippen LogP contribution in [-0.2, 0) is 18.7 Å². The predicted octanol–water partition coefficient (Wildman–Crippen LogP) is 8.37. The van der Waals surface area contributed by atoms with Gasteiger partial charge in [-0.15, -0.1) is 0 Å². The summed E-state index contributed by atoms with van der Waals surface area (Å²) in [5, 5.41) is 0. The Morgan fingerprint density at radius 3 is 1.77 bits per heavy atom. The zero-order valence-electron chi connectivity index (χ0n) is 17.7. The molecule has 0 bridgehead atoms. The molecule has 170 valence electrons. The Hall–Kier alpha value is -2.11. The first kappa shape index (κ1) is 23.6. The minimum Gasteiger partial charge on any atom is -0.429 e. The molecule has 2 aromatic rings. The highest BCUT2D eigenvalue weighted by atomic mass is 19.4. The molecule has 0 aromatic heterocycles. The van der Waals surface area contributed by atoms with Crippen molar-refractivity contribution in [1.29, 1.82) is 0 Å². The van der Waals surface area contributed by atoms with Crippen molar-refractivity contribution in [3.8, 4) is 5.75 Å². The van der Waals surface area contributed by atoms with E-state index in [4.69, 9.17) is 0 Å². The summed E-state index contributed by atoms with van der Waals surface area (Å²) in [6.45, 7) is 2.23. The second-order valence-corrected chi connectivity index (χ2v) is 8.55. The molecule has 2 aromatic carbocycles. The molecule has 1 fully saturated rings. The van der Waals surface area contributed by atoms with Crippen molar-refractivity contribution < 1.29 is 26.7 Å². The van der Waals surface area contributed by atoms with Crippen LogP contribution in [0.3, 0.4) is 0 Å². The maximum absolute atomic E-state index is 14.4. The van der Waals surface area contributed by atoms with Crippen LogP contribution in [0.5, 0.6) is 5.75 Å². The second-order valence-electron chi connectivity index (χ2n) is 8.55. The summed E-state index contributed by atoms with van der Waals surface area (Å²) in [7, 11) is 0. The van der Waals surface area contributed by atoms with Gasteiger partial charge in [0.15, 0.2) is 0 Å². The molecule has 0 radical (unpaired) electrons. The highest BCUT2D eigenvalue weighted by Gasteiger charge is 2.35. The van der Waals surface area contributed by atoms with E-state index in [1.165, 1.54) is 50.7 Å². The summed E-state index contributed by atoms with van der Waals surface area (Å²) in [6.07, 6.45) is 1.43. The third kappa shape index (κ3) is 6.68. The van der Waals surface area contributed by atoms with Crippen LogP contribution in [0.25, 0.3) is 0 Å². The standard InChI is InChI=1S/C25H29F5O/c1-2-3-18-4-6-19(7-5-18)8-9-20-10-12-22(13-11-20)25(29,30)31-23-16-14-21(15-17-23)24(26,27)28/h10-19H,2-9H2,1H3/t18-,19-. The number of benzene rings is 2. The maximum Gasteiger partial charge on any atom is 0.426 e. The van der Waals surface area contributed by atoms with Crippen LogP contribution in [0.4, 0.5) is 22.0 Å². The number of aryl methyl sites for hydroxylation is 1. The van der Waals surface area contributed by atoms with Crippen LogP contribution >= 0.6 is 0 Å². The molecule has 3 rings (SSSR count). The van der Waals surface area contributed by atoms with Crippen molar-refractivity contribution >= 4 is 0 Å². The normalized spacial score (nSPS) is 19.9. The largest absolute Gasteiger partial charge is 0.429 e. The summed E-state index contributed by atoms with van der Waals surface area (Å²) >= 11 is 0. The molecule has 0 spiro atoms. The van der Waals surface area contributed by atoms with Gasteiger partial charge in [0.25, 0.3) is 0 Å². The minimum atomic E-state index is -4.52. The Bertz CT molecular complexity index is 803. The smallest absolute Gasteiger partial charge is 0.426 e. The van der Waals surface area contributed by atoms with Crippen LogP contribution in [0, 0.1) is 11.8 Å². The average molecular weight is 440 g/mol. The van der Waals surface area contributed by atoms with E-state index in [0.29, 0.717) is 5.92 Å². The molecular formula is C25H29F5O. The molecule has 1 aliphatic carbocycles. The molecule has 0 saturated heterocycles. The fourth-order valence-electron chi connectivity index (χ4n) is 4.37. The van der Waals surface area contributed by atoms with Gasteiger partial charge in [-0.25, -0.2) is 0 Å². The SMILES string of the molecule is CCC[C@H]1CC[C@H](CCc2ccc(C(F)(F)Oc3ccc(C(F)(F)F)cc3)cc2)CC1. The summed E-state index contributed by atoms with van der Waals surface area (Å²) < 4.78 is 71.4. The van der Waals surface area contributed by atoms with E-state index in [-0.39, 0.29) is 11.3 Å². The molecule has 31 heavy (non-hydrogen) atoms. The van der Waals surface area contributed by atoms with Gasteiger partial charge >= 0.3 is 12.3 Å². The van der Waals surface area contributed by atoms with Gasteiger partial charge in [-0.05, 0) is 66.6 Å². The first-order valence-corrected chi connectivity index (χ1v) is 11.0. The van der Waals surface area contributed by atoms with E-state index >= 15 is 0 Å². The molecule has 6 heteroatoms. The van der Waals surface area contributed by atoms with Crippen LogP contribution in [0.1, 0.15) is 68.6 Å². The Balaban J connectivity index is 1.52. The minimum absolute atomic E-state index is 0.319. The third-order valence-corrected chi connectivity index (χ3v) is 6.22. The predicted molar refractivity (Wildman–Crippen MR) is 111 cm³/mol. The molecule has 0 N–H and O–H groups in total. The first-order valence-electron chi connectivity index (χ1n) is 11.0. The van der Waals surface area contributed by atoms with E-state index in [0.717, 1.165) is 48.6 Å². The van der Waals surface area contributed by atoms with Crippen LogP contribution in [0.2, 0.25) is 0 Å². The highest BCUT2D eigenvalue weighted by molar-refractivity contribution is 5.31. The van der Waals surface area contributed by atoms with E-state index in [2.05, 4.69) is 11.7 Å². The van der Waals surface area contributed by atoms with Gasteiger partial charge in [-0.2, -0.15) is 22.0 Å². The lowest BCUT2D eigenvalue weighted by molar-refractivity contribution is -0.185.